The molecule has 1 aromatic carbocycles. The number of carbonyl (C=O) groups excluding carboxylic acids is 1. The number of amides is 1. The highest BCUT2D eigenvalue weighted by Gasteiger charge is 2.33. The number of nitrogens with zero attached hydrogens (tertiary/aromatic N) is 1. The zero-order chi connectivity index (χ0) is 18.6. The molecule has 0 aromatic heterocycles. The van der Waals surface area contributed by atoms with Crippen LogP contribution in [0.4, 0.5) is 0 Å². The van der Waals surface area contributed by atoms with Crippen LogP contribution in [0.25, 0.3) is 0 Å². The van der Waals surface area contributed by atoms with E-state index in [0.717, 1.165) is 6.42 Å². The van der Waals surface area contributed by atoms with Gasteiger partial charge in [0.05, 0.1) is 31.4 Å². The zero-order valence-electron chi connectivity index (χ0n) is 14.5. The highest BCUT2D eigenvalue weighted by atomic mass is 35.5. The fourth-order valence-corrected chi connectivity index (χ4v) is 2.89. The van der Waals surface area contributed by atoms with Crippen molar-refractivity contribution in [1.29, 1.82) is 0 Å². The lowest BCUT2D eigenvalue weighted by Gasteiger charge is -2.35. The number of carbonyl (C=O) groups is 2. The number of halogens is 1. The number of aliphatic carboxylic acids is 1. The molecule has 2 atom stereocenters. The van der Waals surface area contributed by atoms with E-state index in [4.69, 9.17) is 30.9 Å². The fraction of sp³-hybridized carbons (Fsp3) is 0.529. The Bertz CT molecular complexity index is 650. The molecule has 0 aliphatic carbocycles. The summed E-state index contributed by atoms with van der Waals surface area (Å²) in [6.45, 7) is 4.45. The molecule has 2 rings (SSSR count). The molecule has 1 amide bonds. The minimum absolute atomic E-state index is 0.0213. The van der Waals surface area contributed by atoms with E-state index in [2.05, 4.69) is 0 Å². The van der Waals surface area contributed by atoms with Gasteiger partial charge in [-0.15, -0.1) is 0 Å². The normalized spacial score (nSPS) is 20.2. The average molecular weight is 372 g/mol. The highest BCUT2D eigenvalue weighted by Crippen LogP contribution is 2.37. The van der Waals surface area contributed by atoms with Gasteiger partial charge in [-0.3, -0.25) is 4.79 Å². The summed E-state index contributed by atoms with van der Waals surface area (Å²) in [5, 5.41) is 9.42. The lowest BCUT2D eigenvalue weighted by atomic mass is 10.1. The van der Waals surface area contributed by atoms with E-state index in [9.17, 15) is 9.59 Å². The first-order valence-corrected chi connectivity index (χ1v) is 8.43. The Kier molecular flexibility index (Phi) is 6.50. The van der Waals surface area contributed by atoms with Crippen LogP contribution in [0.15, 0.2) is 12.1 Å². The maximum Gasteiger partial charge on any atom is 0.334 e. The van der Waals surface area contributed by atoms with E-state index in [-0.39, 0.29) is 23.6 Å². The summed E-state index contributed by atoms with van der Waals surface area (Å²) in [4.78, 5) is 25.4. The van der Waals surface area contributed by atoms with Crippen molar-refractivity contribution in [2.45, 2.75) is 32.5 Å². The lowest BCUT2D eigenvalue weighted by Crippen LogP contribution is -2.51. The Hall–Kier alpha value is -1.99. The Morgan fingerprint density at radius 3 is 2.72 bits per heavy atom. The average Bonchev–Trinajstić information content (AvgIpc) is 2.58. The number of hydrogen-bond acceptors (Lipinski definition) is 5. The summed E-state index contributed by atoms with van der Waals surface area (Å²) in [6, 6.07) is 3.06. The second-order valence-electron chi connectivity index (χ2n) is 5.82. The molecule has 8 heteroatoms. The number of carboxylic acids is 1. The number of methoxy groups -OCH3 is 1. The van der Waals surface area contributed by atoms with Gasteiger partial charge in [0, 0.05) is 12.1 Å². The molecule has 1 fully saturated rings. The number of rotatable bonds is 6. The smallest absolute Gasteiger partial charge is 0.334 e. The Morgan fingerprint density at radius 1 is 1.40 bits per heavy atom. The molecule has 1 N–H and O–H groups in total. The van der Waals surface area contributed by atoms with Crippen molar-refractivity contribution in [1.82, 2.24) is 4.90 Å². The summed E-state index contributed by atoms with van der Waals surface area (Å²) in [5.41, 5.74) is 0.309. The monoisotopic (exact) mass is 371 g/mol. The van der Waals surface area contributed by atoms with Crippen LogP contribution < -0.4 is 9.47 Å². The van der Waals surface area contributed by atoms with E-state index in [1.165, 1.54) is 18.1 Å². The molecule has 1 aliphatic heterocycles. The molecule has 1 unspecified atom stereocenters. The third-order valence-electron chi connectivity index (χ3n) is 3.75. The largest absolute Gasteiger partial charge is 0.493 e. The van der Waals surface area contributed by atoms with Crippen molar-refractivity contribution in [3.63, 3.8) is 0 Å². The van der Waals surface area contributed by atoms with Crippen molar-refractivity contribution < 1.29 is 28.9 Å². The quantitative estimate of drug-likeness (QED) is 0.826. The number of hydrogen-bond donors (Lipinski definition) is 1. The first kappa shape index (κ1) is 19.3. The molecule has 25 heavy (non-hydrogen) atoms. The van der Waals surface area contributed by atoms with Crippen LogP contribution in [0, 0.1) is 0 Å². The summed E-state index contributed by atoms with van der Waals surface area (Å²) < 4.78 is 16.2. The molecule has 138 valence electrons. The van der Waals surface area contributed by atoms with E-state index in [0.29, 0.717) is 30.2 Å². The summed E-state index contributed by atoms with van der Waals surface area (Å²) in [5.74, 6) is -0.673. The first-order chi connectivity index (χ1) is 11.9. The van der Waals surface area contributed by atoms with Crippen LogP contribution in [0.5, 0.6) is 11.5 Å². The Balaban J connectivity index is 2.26. The number of morpholine rings is 1. The molecular weight excluding hydrogens is 350 g/mol. The van der Waals surface area contributed by atoms with Gasteiger partial charge in [0.1, 0.15) is 0 Å². The molecule has 1 heterocycles. The van der Waals surface area contributed by atoms with Gasteiger partial charge < -0.3 is 24.2 Å². The SMILES string of the molecule is CCCOc1c(Cl)cc(C(=O)N2CC(C(=O)O)O[C@H](C)C2)cc1OC. The standard InChI is InChI=1S/C17H22ClNO6/c1-4-5-24-15-12(18)6-11(7-13(15)23-3)16(20)19-8-10(2)25-14(9-19)17(21)22/h6-7,10,14H,4-5,8-9H2,1-3H3,(H,21,22)/t10-,14?/m1/s1. The van der Waals surface area contributed by atoms with Gasteiger partial charge in [-0.2, -0.15) is 0 Å². The van der Waals surface area contributed by atoms with Crippen LogP contribution >= 0.6 is 11.6 Å². The highest BCUT2D eigenvalue weighted by molar-refractivity contribution is 6.32. The van der Waals surface area contributed by atoms with Gasteiger partial charge in [-0.05, 0) is 25.5 Å². The number of carboxylic acid groups (broad SMARTS) is 1. The molecule has 1 aliphatic rings. The lowest BCUT2D eigenvalue weighted by molar-refractivity contribution is -0.160. The maximum absolute atomic E-state index is 12.8. The van der Waals surface area contributed by atoms with Crippen LogP contribution in [0.1, 0.15) is 30.6 Å². The van der Waals surface area contributed by atoms with Crippen molar-refractivity contribution >= 4 is 23.5 Å². The molecule has 1 saturated heterocycles. The zero-order valence-corrected chi connectivity index (χ0v) is 15.2. The van der Waals surface area contributed by atoms with E-state index >= 15 is 0 Å². The second-order valence-corrected chi connectivity index (χ2v) is 6.23. The van der Waals surface area contributed by atoms with Crippen molar-refractivity contribution in [2.24, 2.45) is 0 Å². The Morgan fingerprint density at radius 2 is 2.12 bits per heavy atom. The van der Waals surface area contributed by atoms with Gasteiger partial charge in [0.25, 0.3) is 5.91 Å². The van der Waals surface area contributed by atoms with Gasteiger partial charge in [0.2, 0.25) is 0 Å². The van der Waals surface area contributed by atoms with E-state index < -0.39 is 12.1 Å². The minimum atomic E-state index is -1.09. The van der Waals surface area contributed by atoms with Gasteiger partial charge in [0.15, 0.2) is 17.6 Å². The van der Waals surface area contributed by atoms with Crippen LogP contribution in [0.2, 0.25) is 5.02 Å². The van der Waals surface area contributed by atoms with Gasteiger partial charge in [-0.1, -0.05) is 18.5 Å². The summed E-state index contributed by atoms with van der Waals surface area (Å²) in [7, 11) is 1.47. The van der Waals surface area contributed by atoms with Gasteiger partial charge in [-0.25, -0.2) is 4.79 Å². The maximum atomic E-state index is 12.8. The number of benzene rings is 1. The van der Waals surface area contributed by atoms with Crippen molar-refractivity contribution in [2.75, 3.05) is 26.8 Å². The molecule has 0 radical (unpaired) electrons. The Labute approximate surface area is 151 Å². The molecule has 0 saturated carbocycles. The number of ether oxygens (including phenoxy) is 3. The molecule has 0 spiro atoms. The van der Waals surface area contributed by atoms with Gasteiger partial charge >= 0.3 is 5.97 Å². The van der Waals surface area contributed by atoms with E-state index in [1.807, 2.05) is 6.92 Å². The molecule has 1 aromatic rings. The summed E-state index contributed by atoms with van der Waals surface area (Å²) in [6.07, 6.45) is -0.608. The minimum Gasteiger partial charge on any atom is -0.493 e. The van der Waals surface area contributed by atoms with Crippen LogP contribution in [-0.2, 0) is 9.53 Å². The first-order valence-electron chi connectivity index (χ1n) is 8.05. The molecule has 7 nitrogen and oxygen atoms in total. The summed E-state index contributed by atoms with van der Waals surface area (Å²) >= 11 is 6.25. The van der Waals surface area contributed by atoms with Crippen molar-refractivity contribution in [3.8, 4) is 11.5 Å². The van der Waals surface area contributed by atoms with Crippen molar-refractivity contribution in [3.05, 3.63) is 22.7 Å². The molecule has 0 bridgehead atoms. The fourth-order valence-electron chi connectivity index (χ4n) is 2.62. The second kappa shape index (κ2) is 8.40. The molecular formula is C17H22ClNO6. The third kappa shape index (κ3) is 4.55. The van der Waals surface area contributed by atoms with Crippen LogP contribution in [0.3, 0.4) is 0 Å². The third-order valence-corrected chi connectivity index (χ3v) is 4.03. The topological polar surface area (TPSA) is 85.3 Å². The predicted molar refractivity (Wildman–Crippen MR) is 91.7 cm³/mol. The van der Waals surface area contributed by atoms with E-state index in [1.54, 1.807) is 13.0 Å². The van der Waals surface area contributed by atoms with Crippen LogP contribution in [-0.4, -0.2) is 60.9 Å². The predicted octanol–water partition coefficient (Wildman–Crippen LogP) is 2.45.